The molecule has 1 aromatic heterocycles. The van der Waals surface area contributed by atoms with Gasteiger partial charge >= 0.3 is 6.09 Å². The third-order valence-electron chi connectivity index (χ3n) is 6.64. The molecule has 10 nitrogen and oxygen atoms in total. The zero-order valence-corrected chi connectivity index (χ0v) is 22.8. The second-order valence-corrected chi connectivity index (χ2v) is 9.54. The molecule has 212 valence electrons. The lowest BCUT2D eigenvalue weighted by Gasteiger charge is -2.27. The average molecular weight is 548 g/mol. The standard InChI is InChI=1S/C30H37N5O5/c1-23(25-8-10-26(11-9-25)29(36)33-28-7-3-2-6-27(28)31)40-30(37)35(22-24-5-4-12-32-21-24)16-20-39-19-15-34-13-17-38-18-14-34/h2-12,21,23H,13-20,22,31H2,1H3,(H,33,36)/t23-/m0/s1. The lowest BCUT2D eigenvalue weighted by molar-refractivity contribution is 0.0154. The molecular formula is C30H37N5O5. The number of anilines is 2. The monoisotopic (exact) mass is 547 g/mol. The zero-order chi connectivity index (χ0) is 28.2. The smallest absolute Gasteiger partial charge is 0.410 e. The van der Waals surface area contributed by atoms with Crippen molar-refractivity contribution in [2.45, 2.75) is 19.6 Å². The first kappa shape index (κ1) is 29.0. The summed E-state index contributed by atoms with van der Waals surface area (Å²) in [6.07, 6.45) is 2.46. The van der Waals surface area contributed by atoms with E-state index in [9.17, 15) is 9.59 Å². The molecule has 0 spiro atoms. The van der Waals surface area contributed by atoms with Crippen molar-refractivity contribution in [3.63, 3.8) is 0 Å². The molecule has 40 heavy (non-hydrogen) atoms. The number of nitrogen functional groups attached to an aromatic ring is 1. The summed E-state index contributed by atoms with van der Waals surface area (Å²) < 4.78 is 17.0. The first-order valence-electron chi connectivity index (χ1n) is 13.5. The number of benzene rings is 2. The summed E-state index contributed by atoms with van der Waals surface area (Å²) in [6.45, 7) is 7.68. The number of nitrogens with one attached hydrogen (secondary N) is 1. The number of nitrogens with two attached hydrogens (primary N) is 1. The Morgan fingerprint density at radius 3 is 2.58 bits per heavy atom. The maximum atomic E-state index is 13.2. The van der Waals surface area contributed by atoms with Crippen LogP contribution in [0.3, 0.4) is 0 Å². The molecule has 1 aliphatic heterocycles. The molecule has 4 rings (SSSR count). The zero-order valence-electron chi connectivity index (χ0n) is 22.8. The van der Waals surface area contributed by atoms with Crippen LogP contribution in [0.25, 0.3) is 0 Å². The number of nitrogens with zero attached hydrogens (tertiary/aromatic N) is 3. The van der Waals surface area contributed by atoms with Crippen LogP contribution in [0.2, 0.25) is 0 Å². The molecule has 2 aromatic carbocycles. The summed E-state index contributed by atoms with van der Waals surface area (Å²) >= 11 is 0. The van der Waals surface area contributed by atoms with Gasteiger partial charge in [-0.1, -0.05) is 30.3 Å². The third kappa shape index (κ3) is 8.77. The molecular weight excluding hydrogens is 510 g/mol. The van der Waals surface area contributed by atoms with Gasteiger partial charge in [0, 0.05) is 44.1 Å². The van der Waals surface area contributed by atoms with Crippen molar-refractivity contribution in [3.8, 4) is 0 Å². The number of ether oxygens (including phenoxy) is 3. The fourth-order valence-electron chi connectivity index (χ4n) is 4.25. The first-order valence-corrected chi connectivity index (χ1v) is 13.5. The number of carbonyl (C=O) groups is 2. The highest BCUT2D eigenvalue weighted by atomic mass is 16.6. The van der Waals surface area contributed by atoms with Crippen LogP contribution in [0.5, 0.6) is 0 Å². The maximum absolute atomic E-state index is 13.2. The van der Waals surface area contributed by atoms with E-state index in [1.165, 1.54) is 0 Å². The minimum absolute atomic E-state index is 0.273. The Bertz CT molecular complexity index is 1220. The van der Waals surface area contributed by atoms with Crippen molar-refractivity contribution >= 4 is 23.4 Å². The highest BCUT2D eigenvalue weighted by Gasteiger charge is 2.20. The summed E-state index contributed by atoms with van der Waals surface area (Å²) in [7, 11) is 0. The fraction of sp³-hybridized carbons (Fsp3) is 0.367. The lowest BCUT2D eigenvalue weighted by atomic mass is 10.1. The van der Waals surface area contributed by atoms with Gasteiger partial charge in [0.1, 0.15) is 6.10 Å². The molecule has 2 heterocycles. The van der Waals surface area contributed by atoms with Crippen LogP contribution in [0, 0.1) is 0 Å². The second kappa shape index (κ2) is 15.0. The van der Waals surface area contributed by atoms with Crippen LogP contribution in [-0.4, -0.2) is 79.4 Å². The number of morpholine rings is 1. The summed E-state index contributed by atoms with van der Waals surface area (Å²) in [4.78, 5) is 33.9. The highest BCUT2D eigenvalue weighted by molar-refractivity contribution is 6.05. The third-order valence-corrected chi connectivity index (χ3v) is 6.64. The minimum Gasteiger partial charge on any atom is -0.442 e. The van der Waals surface area contributed by atoms with Gasteiger partial charge in [-0.3, -0.25) is 14.7 Å². The molecule has 0 bridgehead atoms. The number of carbonyl (C=O) groups excluding carboxylic acids is 2. The Hall–Kier alpha value is -3.99. The first-order chi connectivity index (χ1) is 19.5. The van der Waals surface area contributed by atoms with Crippen LogP contribution in [0.1, 0.15) is 34.5 Å². The topological polar surface area (TPSA) is 119 Å². The van der Waals surface area contributed by atoms with Crippen LogP contribution in [-0.2, 0) is 20.8 Å². The van der Waals surface area contributed by atoms with E-state index in [0.717, 1.165) is 44.0 Å². The molecule has 0 aliphatic carbocycles. The Balaban J connectivity index is 1.30. The predicted octanol–water partition coefficient (Wildman–Crippen LogP) is 3.96. The molecule has 10 heteroatoms. The van der Waals surface area contributed by atoms with Crippen molar-refractivity contribution < 1.29 is 23.8 Å². The van der Waals surface area contributed by atoms with Crippen molar-refractivity contribution in [1.29, 1.82) is 0 Å². The summed E-state index contributed by atoms with van der Waals surface area (Å²) in [5.74, 6) is -0.273. The predicted molar refractivity (Wildman–Crippen MR) is 153 cm³/mol. The average Bonchev–Trinajstić information content (AvgIpc) is 2.98. The van der Waals surface area contributed by atoms with Gasteiger partial charge in [0.15, 0.2) is 0 Å². The quantitative estimate of drug-likeness (QED) is 0.258. The lowest BCUT2D eigenvalue weighted by Crippen LogP contribution is -2.39. The van der Waals surface area contributed by atoms with Crippen molar-refractivity contribution in [2.75, 3.05) is 63.7 Å². The summed E-state index contributed by atoms with van der Waals surface area (Å²) in [5.41, 5.74) is 9.11. The molecule has 0 unspecified atom stereocenters. The molecule has 2 amide bonds. The van der Waals surface area contributed by atoms with E-state index in [1.54, 1.807) is 72.7 Å². The van der Waals surface area contributed by atoms with Gasteiger partial charge in [-0.2, -0.15) is 0 Å². The number of para-hydroxylation sites is 2. The number of hydrogen-bond donors (Lipinski definition) is 2. The number of pyridine rings is 1. The Labute approximate surface area is 235 Å². The molecule has 0 saturated carbocycles. The van der Waals surface area contributed by atoms with Crippen molar-refractivity contribution in [2.24, 2.45) is 0 Å². The van der Waals surface area contributed by atoms with Gasteiger partial charge in [0.25, 0.3) is 5.91 Å². The highest BCUT2D eigenvalue weighted by Crippen LogP contribution is 2.21. The Morgan fingerprint density at radius 1 is 1.07 bits per heavy atom. The van der Waals surface area contributed by atoms with Gasteiger partial charge in [0.2, 0.25) is 0 Å². The summed E-state index contributed by atoms with van der Waals surface area (Å²) in [6, 6.07) is 17.8. The SMILES string of the molecule is C[C@H](OC(=O)N(CCOCCN1CCOCC1)Cc1cccnc1)c1ccc(C(=O)Nc2ccccc2N)cc1. The Morgan fingerprint density at radius 2 is 1.85 bits per heavy atom. The molecule has 1 aliphatic rings. The van der Waals surface area contributed by atoms with E-state index in [1.807, 2.05) is 12.1 Å². The normalized spacial score (nSPS) is 14.3. The molecule has 3 N–H and O–H groups in total. The van der Waals surface area contributed by atoms with E-state index in [-0.39, 0.29) is 5.91 Å². The van der Waals surface area contributed by atoms with Gasteiger partial charge in [-0.05, 0) is 48.4 Å². The van der Waals surface area contributed by atoms with E-state index in [0.29, 0.717) is 43.2 Å². The van der Waals surface area contributed by atoms with Gasteiger partial charge < -0.3 is 30.2 Å². The van der Waals surface area contributed by atoms with Crippen molar-refractivity contribution in [1.82, 2.24) is 14.8 Å². The molecule has 1 atom stereocenters. The fourth-order valence-corrected chi connectivity index (χ4v) is 4.25. The van der Waals surface area contributed by atoms with Gasteiger partial charge in [-0.25, -0.2) is 4.79 Å². The van der Waals surface area contributed by atoms with E-state index < -0.39 is 12.2 Å². The van der Waals surface area contributed by atoms with E-state index >= 15 is 0 Å². The van der Waals surface area contributed by atoms with Crippen LogP contribution >= 0.6 is 0 Å². The number of hydrogen-bond acceptors (Lipinski definition) is 8. The number of rotatable bonds is 12. The van der Waals surface area contributed by atoms with Crippen LogP contribution < -0.4 is 11.1 Å². The number of aromatic nitrogens is 1. The summed E-state index contributed by atoms with van der Waals surface area (Å²) in [5, 5.41) is 2.81. The minimum atomic E-state index is -0.520. The van der Waals surface area contributed by atoms with Crippen LogP contribution in [0.4, 0.5) is 16.2 Å². The molecule has 0 radical (unpaired) electrons. The Kier molecular flexibility index (Phi) is 10.9. The van der Waals surface area contributed by atoms with Gasteiger partial charge in [0.05, 0.1) is 44.3 Å². The second-order valence-electron chi connectivity index (χ2n) is 9.54. The maximum Gasteiger partial charge on any atom is 0.410 e. The molecule has 3 aromatic rings. The largest absolute Gasteiger partial charge is 0.442 e. The van der Waals surface area contributed by atoms with Crippen molar-refractivity contribution in [3.05, 3.63) is 89.7 Å². The van der Waals surface area contributed by atoms with E-state index in [2.05, 4.69) is 15.2 Å². The van der Waals surface area contributed by atoms with E-state index in [4.69, 9.17) is 19.9 Å². The number of amides is 2. The molecule has 1 fully saturated rings. The van der Waals surface area contributed by atoms with Crippen LogP contribution in [0.15, 0.2) is 73.1 Å². The van der Waals surface area contributed by atoms with Gasteiger partial charge in [-0.15, -0.1) is 0 Å². The molecule has 1 saturated heterocycles.